The van der Waals surface area contributed by atoms with Crippen LogP contribution in [0, 0.1) is 19.8 Å². The van der Waals surface area contributed by atoms with Gasteiger partial charge < -0.3 is 4.90 Å². The third-order valence-electron chi connectivity index (χ3n) is 5.39. The van der Waals surface area contributed by atoms with Crippen LogP contribution in [-0.2, 0) is 17.9 Å². The molecule has 0 saturated carbocycles. The first kappa shape index (κ1) is 19.2. The van der Waals surface area contributed by atoms with E-state index in [4.69, 9.17) is 0 Å². The Labute approximate surface area is 172 Å². The standard InChI is InChI=1S/C21H23N3O2S2/c1-13-4-5-15(8-14(13)2)10-23-11-16(9-18(23)25)12-24-20(26)19-17(6-7-28-19)22-21(24)27-3/h4-8,16H,9-12H2,1-3H3. The number of carbonyl (C=O) groups excluding carboxylic acids is 1. The lowest BCUT2D eigenvalue weighted by molar-refractivity contribution is -0.128. The number of thioether (sulfide) groups is 1. The van der Waals surface area contributed by atoms with E-state index < -0.39 is 0 Å². The van der Waals surface area contributed by atoms with Gasteiger partial charge in [0, 0.05) is 32.0 Å². The predicted octanol–water partition coefficient (Wildman–Crippen LogP) is 3.85. The second-order valence-electron chi connectivity index (χ2n) is 7.41. The summed E-state index contributed by atoms with van der Waals surface area (Å²) in [6.45, 7) is 6.02. The minimum absolute atomic E-state index is 0.00408. The van der Waals surface area contributed by atoms with Gasteiger partial charge in [-0.25, -0.2) is 4.98 Å². The van der Waals surface area contributed by atoms with Crippen molar-refractivity contribution in [3.05, 3.63) is 56.7 Å². The summed E-state index contributed by atoms with van der Waals surface area (Å²) in [6.07, 6.45) is 2.41. The molecule has 1 fully saturated rings. The number of benzene rings is 1. The number of nitrogens with zero attached hydrogens (tertiary/aromatic N) is 3. The van der Waals surface area contributed by atoms with Crippen LogP contribution in [0.2, 0.25) is 0 Å². The molecule has 0 spiro atoms. The Bertz CT molecular complexity index is 1100. The van der Waals surface area contributed by atoms with E-state index >= 15 is 0 Å². The fourth-order valence-electron chi connectivity index (χ4n) is 3.75. The molecule has 0 bridgehead atoms. The zero-order valence-electron chi connectivity index (χ0n) is 16.3. The molecular formula is C21H23N3O2S2. The van der Waals surface area contributed by atoms with Crippen LogP contribution < -0.4 is 5.56 Å². The molecule has 1 atom stereocenters. The summed E-state index contributed by atoms with van der Waals surface area (Å²) >= 11 is 2.90. The lowest BCUT2D eigenvalue weighted by Crippen LogP contribution is -2.28. The predicted molar refractivity (Wildman–Crippen MR) is 115 cm³/mol. The molecule has 1 aromatic carbocycles. The smallest absolute Gasteiger partial charge is 0.272 e. The van der Waals surface area contributed by atoms with Crippen LogP contribution in [0.25, 0.3) is 10.2 Å². The Morgan fingerprint density at radius 1 is 1.21 bits per heavy atom. The van der Waals surface area contributed by atoms with E-state index in [0.29, 0.717) is 30.8 Å². The highest BCUT2D eigenvalue weighted by molar-refractivity contribution is 7.98. The number of hydrogen-bond donors (Lipinski definition) is 0. The van der Waals surface area contributed by atoms with Gasteiger partial charge in [0.1, 0.15) is 4.70 Å². The Kier molecular flexibility index (Phi) is 5.29. The quantitative estimate of drug-likeness (QED) is 0.471. The first-order valence-electron chi connectivity index (χ1n) is 9.32. The number of rotatable bonds is 5. The third-order valence-corrected chi connectivity index (χ3v) is 6.96. The zero-order chi connectivity index (χ0) is 19.8. The highest BCUT2D eigenvalue weighted by Gasteiger charge is 2.30. The molecule has 0 radical (unpaired) electrons. The maximum absolute atomic E-state index is 12.9. The maximum atomic E-state index is 12.9. The normalized spacial score (nSPS) is 17.0. The molecule has 146 valence electrons. The van der Waals surface area contributed by atoms with Crippen LogP contribution in [0.1, 0.15) is 23.1 Å². The summed E-state index contributed by atoms with van der Waals surface area (Å²) in [4.78, 5) is 32.0. The molecule has 1 saturated heterocycles. The number of aromatic nitrogens is 2. The Hall–Kier alpha value is -2.12. The van der Waals surface area contributed by atoms with Gasteiger partial charge in [-0.2, -0.15) is 0 Å². The van der Waals surface area contributed by atoms with E-state index in [1.54, 1.807) is 4.57 Å². The van der Waals surface area contributed by atoms with Gasteiger partial charge in [0.05, 0.1) is 5.52 Å². The van der Waals surface area contributed by atoms with Crippen molar-refractivity contribution >= 4 is 39.2 Å². The molecule has 7 heteroatoms. The summed E-state index contributed by atoms with van der Waals surface area (Å²) in [5, 5.41) is 2.62. The van der Waals surface area contributed by atoms with Gasteiger partial charge in [0.2, 0.25) is 5.91 Å². The molecule has 1 amide bonds. The van der Waals surface area contributed by atoms with E-state index in [1.807, 2.05) is 22.6 Å². The van der Waals surface area contributed by atoms with Gasteiger partial charge in [-0.1, -0.05) is 30.0 Å². The summed E-state index contributed by atoms with van der Waals surface area (Å²) in [6, 6.07) is 8.24. The van der Waals surface area contributed by atoms with Crippen molar-refractivity contribution in [3.8, 4) is 0 Å². The van der Waals surface area contributed by atoms with Gasteiger partial charge in [-0.3, -0.25) is 14.2 Å². The molecule has 3 heterocycles. The van der Waals surface area contributed by atoms with E-state index in [2.05, 4.69) is 37.0 Å². The molecule has 2 aromatic heterocycles. The molecule has 4 rings (SSSR count). The summed E-state index contributed by atoms with van der Waals surface area (Å²) in [5.74, 6) is 0.286. The van der Waals surface area contributed by atoms with Crippen LogP contribution in [-0.4, -0.2) is 33.2 Å². The fourth-order valence-corrected chi connectivity index (χ4v) is 5.10. The molecule has 0 N–H and O–H groups in total. The zero-order valence-corrected chi connectivity index (χ0v) is 17.9. The van der Waals surface area contributed by atoms with Crippen molar-refractivity contribution in [1.82, 2.24) is 14.5 Å². The SMILES string of the molecule is CSc1nc2ccsc2c(=O)n1CC1CC(=O)N(Cc2ccc(C)c(C)c2)C1. The molecule has 5 nitrogen and oxygen atoms in total. The molecule has 1 unspecified atom stereocenters. The lowest BCUT2D eigenvalue weighted by Gasteiger charge is -2.18. The average molecular weight is 414 g/mol. The maximum Gasteiger partial charge on any atom is 0.272 e. The highest BCUT2D eigenvalue weighted by atomic mass is 32.2. The summed E-state index contributed by atoms with van der Waals surface area (Å²) in [5.41, 5.74) is 4.42. The second-order valence-corrected chi connectivity index (χ2v) is 9.10. The van der Waals surface area contributed by atoms with Crippen molar-refractivity contribution < 1.29 is 4.79 Å². The highest BCUT2D eigenvalue weighted by Crippen LogP contribution is 2.25. The number of carbonyl (C=O) groups is 1. The van der Waals surface area contributed by atoms with Crippen molar-refractivity contribution in [2.75, 3.05) is 12.8 Å². The van der Waals surface area contributed by atoms with Crippen LogP contribution in [0.4, 0.5) is 0 Å². The molecule has 3 aromatic rings. The van der Waals surface area contributed by atoms with Gasteiger partial charge in [-0.15, -0.1) is 11.3 Å². The first-order valence-corrected chi connectivity index (χ1v) is 11.4. The van der Waals surface area contributed by atoms with Crippen LogP contribution in [0.15, 0.2) is 39.6 Å². The van der Waals surface area contributed by atoms with Crippen LogP contribution in [0.3, 0.4) is 0 Å². The van der Waals surface area contributed by atoms with Crippen LogP contribution >= 0.6 is 23.1 Å². The number of hydrogen-bond acceptors (Lipinski definition) is 5. The molecular weight excluding hydrogens is 390 g/mol. The van der Waals surface area contributed by atoms with E-state index in [0.717, 1.165) is 16.2 Å². The van der Waals surface area contributed by atoms with Gasteiger partial charge in [0.25, 0.3) is 5.56 Å². The molecule has 1 aliphatic heterocycles. The van der Waals surface area contributed by atoms with E-state index in [9.17, 15) is 9.59 Å². The first-order chi connectivity index (χ1) is 13.5. The Balaban J connectivity index is 1.53. The Morgan fingerprint density at radius 3 is 2.79 bits per heavy atom. The van der Waals surface area contributed by atoms with Crippen molar-refractivity contribution in [2.24, 2.45) is 5.92 Å². The summed E-state index contributed by atoms with van der Waals surface area (Å²) in [7, 11) is 0. The van der Waals surface area contributed by atoms with Crippen LogP contribution in [0.5, 0.6) is 0 Å². The van der Waals surface area contributed by atoms with Crippen molar-refractivity contribution in [2.45, 2.75) is 38.5 Å². The second kappa shape index (κ2) is 7.72. The molecule has 0 aliphatic carbocycles. The number of aryl methyl sites for hydroxylation is 2. The van der Waals surface area contributed by atoms with Gasteiger partial charge in [0.15, 0.2) is 5.16 Å². The fraction of sp³-hybridized carbons (Fsp3) is 0.381. The Morgan fingerprint density at radius 2 is 2.04 bits per heavy atom. The van der Waals surface area contributed by atoms with E-state index in [1.165, 1.54) is 34.2 Å². The van der Waals surface area contributed by atoms with Gasteiger partial charge in [-0.05, 0) is 48.2 Å². The monoisotopic (exact) mass is 413 g/mol. The topological polar surface area (TPSA) is 55.2 Å². The minimum atomic E-state index is 0.00408. The number of thiophene rings is 1. The van der Waals surface area contributed by atoms with E-state index in [-0.39, 0.29) is 17.4 Å². The lowest BCUT2D eigenvalue weighted by atomic mass is 10.1. The van der Waals surface area contributed by atoms with Crippen molar-refractivity contribution in [3.63, 3.8) is 0 Å². The number of likely N-dealkylation sites (tertiary alicyclic amines) is 1. The average Bonchev–Trinajstić information content (AvgIpc) is 3.27. The minimum Gasteiger partial charge on any atom is -0.338 e. The van der Waals surface area contributed by atoms with Gasteiger partial charge >= 0.3 is 0 Å². The third kappa shape index (κ3) is 3.61. The van der Waals surface area contributed by atoms with Crippen molar-refractivity contribution in [1.29, 1.82) is 0 Å². The number of amides is 1. The number of fused-ring (bicyclic) bond motifs is 1. The molecule has 28 heavy (non-hydrogen) atoms. The largest absolute Gasteiger partial charge is 0.338 e. The molecule has 1 aliphatic rings. The summed E-state index contributed by atoms with van der Waals surface area (Å²) < 4.78 is 2.44.